The SMILES string of the molecule is Cc1cc(O)ccc1C(=O)NC1CCCC(C)C1. The number of phenolic OH excluding ortho intramolecular Hbond substituents is 1. The molecule has 2 rings (SSSR count). The van der Waals surface area contributed by atoms with E-state index < -0.39 is 0 Å². The molecule has 98 valence electrons. The van der Waals surface area contributed by atoms with Crippen molar-refractivity contribution in [2.24, 2.45) is 5.92 Å². The molecule has 0 radical (unpaired) electrons. The third-order valence-electron chi connectivity index (χ3n) is 3.73. The summed E-state index contributed by atoms with van der Waals surface area (Å²) in [6.45, 7) is 4.09. The van der Waals surface area contributed by atoms with Gasteiger partial charge in [-0.05, 0) is 49.4 Å². The minimum Gasteiger partial charge on any atom is -0.508 e. The predicted octanol–water partition coefficient (Wildman–Crippen LogP) is 3.01. The molecule has 1 fully saturated rings. The number of benzene rings is 1. The molecule has 3 nitrogen and oxygen atoms in total. The first-order valence-corrected chi connectivity index (χ1v) is 6.66. The molecule has 2 unspecified atom stereocenters. The van der Waals surface area contributed by atoms with Crippen molar-refractivity contribution in [3.63, 3.8) is 0 Å². The molecule has 0 spiro atoms. The van der Waals surface area contributed by atoms with Crippen LogP contribution in [-0.2, 0) is 0 Å². The number of nitrogens with one attached hydrogen (secondary N) is 1. The third-order valence-corrected chi connectivity index (χ3v) is 3.73. The van der Waals surface area contributed by atoms with E-state index in [1.807, 2.05) is 6.92 Å². The van der Waals surface area contributed by atoms with Gasteiger partial charge in [-0.3, -0.25) is 4.79 Å². The van der Waals surface area contributed by atoms with Gasteiger partial charge in [0.2, 0.25) is 0 Å². The molecular weight excluding hydrogens is 226 g/mol. The van der Waals surface area contributed by atoms with Crippen LogP contribution in [0.5, 0.6) is 5.75 Å². The molecule has 2 N–H and O–H groups in total. The average molecular weight is 247 g/mol. The molecule has 18 heavy (non-hydrogen) atoms. The highest BCUT2D eigenvalue weighted by Gasteiger charge is 2.21. The fourth-order valence-electron chi connectivity index (χ4n) is 2.73. The Morgan fingerprint density at radius 2 is 2.17 bits per heavy atom. The van der Waals surface area contributed by atoms with E-state index in [-0.39, 0.29) is 11.7 Å². The van der Waals surface area contributed by atoms with Crippen LogP contribution in [0.15, 0.2) is 18.2 Å². The Labute approximate surface area is 108 Å². The lowest BCUT2D eigenvalue weighted by molar-refractivity contribution is 0.0921. The Balaban J connectivity index is 2.03. The summed E-state index contributed by atoms with van der Waals surface area (Å²) < 4.78 is 0. The molecule has 0 aromatic heterocycles. The maximum atomic E-state index is 12.2. The van der Waals surface area contributed by atoms with Crippen LogP contribution in [0.2, 0.25) is 0 Å². The third kappa shape index (κ3) is 3.03. The van der Waals surface area contributed by atoms with Gasteiger partial charge in [0.15, 0.2) is 0 Å². The number of phenols is 1. The number of amides is 1. The summed E-state index contributed by atoms with van der Waals surface area (Å²) in [6, 6.07) is 5.17. The molecule has 3 heteroatoms. The fraction of sp³-hybridized carbons (Fsp3) is 0.533. The topological polar surface area (TPSA) is 49.3 Å². The Hall–Kier alpha value is -1.51. The second-order valence-corrected chi connectivity index (χ2v) is 5.44. The van der Waals surface area contributed by atoms with Gasteiger partial charge in [0, 0.05) is 11.6 Å². The number of hydrogen-bond donors (Lipinski definition) is 2. The van der Waals surface area contributed by atoms with Crippen LogP contribution in [0.4, 0.5) is 0 Å². The van der Waals surface area contributed by atoms with Crippen molar-refractivity contribution in [3.05, 3.63) is 29.3 Å². The van der Waals surface area contributed by atoms with Crippen molar-refractivity contribution in [1.82, 2.24) is 5.32 Å². The van der Waals surface area contributed by atoms with Crippen molar-refractivity contribution in [3.8, 4) is 5.75 Å². The summed E-state index contributed by atoms with van der Waals surface area (Å²) >= 11 is 0. The highest BCUT2D eigenvalue weighted by atomic mass is 16.3. The molecule has 0 heterocycles. The van der Waals surface area contributed by atoms with Crippen LogP contribution >= 0.6 is 0 Å². The fourth-order valence-corrected chi connectivity index (χ4v) is 2.73. The van der Waals surface area contributed by atoms with Gasteiger partial charge in [-0.1, -0.05) is 19.8 Å². The van der Waals surface area contributed by atoms with E-state index in [1.54, 1.807) is 18.2 Å². The Morgan fingerprint density at radius 3 is 2.83 bits per heavy atom. The smallest absolute Gasteiger partial charge is 0.251 e. The summed E-state index contributed by atoms with van der Waals surface area (Å²) in [5.41, 5.74) is 1.47. The van der Waals surface area contributed by atoms with Crippen molar-refractivity contribution in [1.29, 1.82) is 0 Å². The first kappa shape index (κ1) is 12.9. The lowest BCUT2D eigenvalue weighted by Gasteiger charge is -2.27. The zero-order valence-electron chi connectivity index (χ0n) is 11.1. The molecule has 1 aromatic carbocycles. The summed E-state index contributed by atoms with van der Waals surface area (Å²) in [5, 5.41) is 12.4. The summed E-state index contributed by atoms with van der Waals surface area (Å²) in [6.07, 6.45) is 4.61. The molecule has 0 bridgehead atoms. The van der Waals surface area contributed by atoms with E-state index in [9.17, 15) is 9.90 Å². The van der Waals surface area contributed by atoms with Crippen LogP contribution in [0.3, 0.4) is 0 Å². The van der Waals surface area contributed by atoms with Gasteiger partial charge in [0.05, 0.1) is 0 Å². The van der Waals surface area contributed by atoms with Crippen molar-refractivity contribution >= 4 is 5.91 Å². The first-order chi connectivity index (χ1) is 8.56. The van der Waals surface area contributed by atoms with Gasteiger partial charge in [0.25, 0.3) is 5.91 Å². The molecule has 1 amide bonds. The van der Waals surface area contributed by atoms with E-state index in [0.717, 1.165) is 18.4 Å². The van der Waals surface area contributed by atoms with Crippen LogP contribution < -0.4 is 5.32 Å². The normalized spacial score (nSPS) is 23.7. The van der Waals surface area contributed by atoms with Crippen molar-refractivity contribution < 1.29 is 9.90 Å². The van der Waals surface area contributed by atoms with Crippen LogP contribution in [0.1, 0.15) is 48.5 Å². The van der Waals surface area contributed by atoms with E-state index in [2.05, 4.69) is 12.2 Å². The first-order valence-electron chi connectivity index (χ1n) is 6.66. The predicted molar refractivity (Wildman–Crippen MR) is 71.7 cm³/mol. The quantitative estimate of drug-likeness (QED) is 0.844. The van der Waals surface area contributed by atoms with Gasteiger partial charge in [-0.15, -0.1) is 0 Å². The monoisotopic (exact) mass is 247 g/mol. The zero-order valence-corrected chi connectivity index (χ0v) is 11.1. The second-order valence-electron chi connectivity index (χ2n) is 5.44. The molecule has 2 atom stereocenters. The van der Waals surface area contributed by atoms with E-state index in [4.69, 9.17) is 0 Å². The van der Waals surface area contributed by atoms with Gasteiger partial charge in [-0.25, -0.2) is 0 Å². The van der Waals surface area contributed by atoms with E-state index in [0.29, 0.717) is 17.5 Å². The van der Waals surface area contributed by atoms with Gasteiger partial charge in [0.1, 0.15) is 5.75 Å². The van der Waals surface area contributed by atoms with Crippen LogP contribution in [0, 0.1) is 12.8 Å². The lowest BCUT2D eigenvalue weighted by Crippen LogP contribution is -2.38. The summed E-state index contributed by atoms with van der Waals surface area (Å²) in [4.78, 5) is 12.2. The number of rotatable bonds is 2. The lowest BCUT2D eigenvalue weighted by atomic mass is 9.87. The van der Waals surface area contributed by atoms with Crippen LogP contribution in [-0.4, -0.2) is 17.1 Å². The minimum atomic E-state index is -0.0217. The van der Waals surface area contributed by atoms with Gasteiger partial charge < -0.3 is 10.4 Å². The van der Waals surface area contributed by atoms with Crippen molar-refractivity contribution in [2.45, 2.75) is 45.6 Å². The molecule has 0 saturated heterocycles. The van der Waals surface area contributed by atoms with Crippen LogP contribution in [0.25, 0.3) is 0 Å². The van der Waals surface area contributed by atoms with E-state index in [1.165, 1.54) is 12.8 Å². The average Bonchev–Trinajstić information content (AvgIpc) is 2.28. The number of carbonyl (C=O) groups is 1. The highest BCUT2D eigenvalue weighted by molar-refractivity contribution is 5.95. The molecular formula is C15H21NO2. The zero-order chi connectivity index (χ0) is 13.1. The molecule has 0 aliphatic heterocycles. The number of carbonyl (C=O) groups excluding carboxylic acids is 1. The molecule has 1 aromatic rings. The summed E-state index contributed by atoms with van der Waals surface area (Å²) in [5.74, 6) is 0.881. The minimum absolute atomic E-state index is 0.0217. The Kier molecular flexibility index (Phi) is 3.90. The second kappa shape index (κ2) is 5.42. The largest absolute Gasteiger partial charge is 0.508 e. The maximum Gasteiger partial charge on any atom is 0.251 e. The molecule has 1 aliphatic carbocycles. The molecule has 1 aliphatic rings. The van der Waals surface area contributed by atoms with Gasteiger partial charge >= 0.3 is 0 Å². The number of aromatic hydroxyl groups is 1. The maximum absolute atomic E-state index is 12.2. The van der Waals surface area contributed by atoms with Gasteiger partial charge in [-0.2, -0.15) is 0 Å². The Bertz CT molecular complexity index is 442. The summed E-state index contributed by atoms with van der Waals surface area (Å²) in [7, 11) is 0. The number of hydrogen-bond acceptors (Lipinski definition) is 2. The Morgan fingerprint density at radius 1 is 1.39 bits per heavy atom. The molecule has 1 saturated carbocycles. The number of aryl methyl sites for hydroxylation is 1. The standard InChI is InChI=1S/C15H21NO2/c1-10-4-3-5-12(8-10)16-15(18)14-7-6-13(17)9-11(14)2/h6-7,9-10,12,17H,3-5,8H2,1-2H3,(H,16,18). The highest BCUT2D eigenvalue weighted by Crippen LogP contribution is 2.24. The van der Waals surface area contributed by atoms with E-state index >= 15 is 0 Å². The van der Waals surface area contributed by atoms with Crippen molar-refractivity contribution in [2.75, 3.05) is 0 Å².